The van der Waals surface area contributed by atoms with E-state index in [9.17, 15) is 28.9 Å². The number of carbonyl (C=O) groups is 3. The Morgan fingerprint density at radius 3 is 1.69 bits per heavy atom. The number of unbranched alkanes of at least 4 members (excludes halogenated alkanes) is 18. The van der Waals surface area contributed by atoms with Crippen molar-refractivity contribution in [3.05, 3.63) is 36.5 Å². The second kappa shape index (κ2) is 37.8. The van der Waals surface area contributed by atoms with Gasteiger partial charge in [-0.15, -0.1) is 0 Å². The van der Waals surface area contributed by atoms with Crippen molar-refractivity contribution in [1.82, 2.24) is 0 Å². The van der Waals surface area contributed by atoms with E-state index in [4.69, 9.17) is 19.1 Å². The van der Waals surface area contributed by atoms with Crippen molar-refractivity contribution in [3.8, 4) is 0 Å². The Balaban J connectivity index is 4.41. The molecule has 0 radical (unpaired) electrons. The predicted molar refractivity (Wildman–Crippen MR) is 215 cm³/mol. The second-order valence-corrected chi connectivity index (χ2v) is 15.5. The molecule has 11 nitrogen and oxygen atoms in total. The molecule has 0 fully saturated rings. The minimum atomic E-state index is -4.65. The lowest BCUT2D eigenvalue weighted by molar-refractivity contribution is -0.161. The molecule has 0 aromatic rings. The van der Waals surface area contributed by atoms with Gasteiger partial charge in [-0.2, -0.15) is 0 Å². The Kier molecular flexibility index (Phi) is 36.3. The van der Waals surface area contributed by atoms with Crippen LogP contribution in [0.2, 0.25) is 0 Å². The van der Waals surface area contributed by atoms with Crippen LogP contribution in [0, 0.1) is 0 Å². The third-order valence-electron chi connectivity index (χ3n) is 8.74. The van der Waals surface area contributed by atoms with E-state index in [-0.39, 0.29) is 25.2 Å². The lowest BCUT2D eigenvalue weighted by Gasteiger charge is -2.20. The molecule has 0 bridgehead atoms. The maximum atomic E-state index is 12.6. The minimum absolute atomic E-state index is 0.0983. The maximum Gasteiger partial charge on any atom is 0.472 e. The van der Waals surface area contributed by atoms with Crippen molar-refractivity contribution >= 4 is 25.5 Å². The first-order valence-corrected chi connectivity index (χ1v) is 22.4. The van der Waals surface area contributed by atoms with Gasteiger partial charge < -0.3 is 24.6 Å². The van der Waals surface area contributed by atoms with E-state index in [2.05, 4.69) is 36.6 Å². The number of phosphoric acid groups is 1. The zero-order valence-electron chi connectivity index (χ0n) is 33.7. The van der Waals surface area contributed by atoms with E-state index in [1.165, 1.54) is 64.2 Å². The van der Waals surface area contributed by atoms with Crippen LogP contribution >= 0.6 is 7.82 Å². The van der Waals surface area contributed by atoms with E-state index < -0.39 is 51.8 Å². The molecule has 3 atom stereocenters. The number of allylic oxidation sites excluding steroid dienone is 6. The van der Waals surface area contributed by atoms with Crippen LogP contribution in [-0.2, 0) is 37.5 Å². The number of esters is 2. The molecule has 0 amide bonds. The summed E-state index contributed by atoms with van der Waals surface area (Å²) in [6.07, 6.45) is 33.6. The highest BCUT2D eigenvalue weighted by Gasteiger charge is 2.27. The number of rotatable bonds is 39. The highest BCUT2D eigenvalue weighted by Crippen LogP contribution is 2.43. The van der Waals surface area contributed by atoms with Gasteiger partial charge in [0.1, 0.15) is 12.7 Å². The van der Waals surface area contributed by atoms with Crippen LogP contribution in [0.15, 0.2) is 36.5 Å². The van der Waals surface area contributed by atoms with Gasteiger partial charge in [0.25, 0.3) is 0 Å². The first-order chi connectivity index (χ1) is 26.1. The van der Waals surface area contributed by atoms with Crippen molar-refractivity contribution < 1.29 is 52.6 Å². The number of aliphatic hydroxyl groups excluding tert-OH is 2. The molecule has 0 aliphatic carbocycles. The van der Waals surface area contributed by atoms with Crippen molar-refractivity contribution in [2.24, 2.45) is 0 Å². The van der Waals surface area contributed by atoms with Gasteiger partial charge in [-0.1, -0.05) is 128 Å². The maximum absolute atomic E-state index is 12.6. The smallest absolute Gasteiger partial charge is 0.462 e. The first-order valence-electron chi connectivity index (χ1n) is 20.9. The Morgan fingerprint density at radius 1 is 0.593 bits per heavy atom. The molecular formula is C42H75O11P. The van der Waals surface area contributed by atoms with Crippen LogP contribution in [0.25, 0.3) is 0 Å². The van der Waals surface area contributed by atoms with E-state index >= 15 is 0 Å². The highest BCUT2D eigenvalue weighted by atomic mass is 31.2. The summed E-state index contributed by atoms with van der Waals surface area (Å²) in [5.74, 6) is -0.924. The summed E-state index contributed by atoms with van der Waals surface area (Å²) < 4.78 is 32.6. The third kappa shape index (κ3) is 36.8. The van der Waals surface area contributed by atoms with E-state index in [1.807, 2.05) is 6.08 Å². The van der Waals surface area contributed by atoms with Gasteiger partial charge in [0, 0.05) is 19.3 Å². The average Bonchev–Trinajstić information content (AvgIpc) is 3.15. The van der Waals surface area contributed by atoms with Gasteiger partial charge in [-0.05, 0) is 63.9 Å². The van der Waals surface area contributed by atoms with Crippen molar-refractivity contribution in [2.45, 2.75) is 187 Å². The summed E-state index contributed by atoms with van der Waals surface area (Å²) in [6, 6.07) is 0. The molecule has 0 aromatic carbocycles. The van der Waals surface area contributed by atoms with Gasteiger partial charge in [0.05, 0.1) is 19.8 Å². The molecule has 0 aliphatic rings. The predicted octanol–water partition coefficient (Wildman–Crippen LogP) is 9.96. The summed E-state index contributed by atoms with van der Waals surface area (Å²) in [6.45, 7) is 2.16. The van der Waals surface area contributed by atoms with Gasteiger partial charge in [0.15, 0.2) is 11.9 Å². The van der Waals surface area contributed by atoms with Crippen molar-refractivity contribution in [2.75, 3.05) is 26.4 Å². The lowest BCUT2D eigenvalue weighted by Crippen LogP contribution is -2.29. The Morgan fingerprint density at radius 2 is 1.07 bits per heavy atom. The lowest BCUT2D eigenvalue weighted by atomic mass is 10.1. The summed E-state index contributed by atoms with van der Waals surface area (Å²) >= 11 is 0. The van der Waals surface area contributed by atoms with Gasteiger partial charge in [-0.3, -0.25) is 23.4 Å². The molecule has 0 spiro atoms. The van der Waals surface area contributed by atoms with Gasteiger partial charge >= 0.3 is 19.8 Å². The molecule has 0 rings (SSSR count). The first kappa shape index (κ1) is 51.9. The molecule has 54 heavy (non-hydrogen) atoms. The second-order valence-electron chi connectivity index (χ2n) is 14.0. The Bertz CT molecular complexity index is 1060. The van der Waals surface area contributed by atoms with Crippen LogP contribution in [0.4, 0.5) is 0 Å². The molecule has 314 valence electrons. The van der Waals surface area contributed by atoms with Crippen molar-refractivity contribution in [3.63, 3.8) is 0 Å². The fraction of sp³-hybridized carbons (Fsp3) is 0.786. The number of ketones is 1. The number of hydrogen-bond donors (Lipinski definition) is 3. The van der Waals surface area contributed by atoms with E-state index in [0.29, 0.717) is 19.3 Å². The Labute approximate surface area is 327 Å². The zero-order chi connectivity index (χ0) is 40.0. The molecule has 0 aromatic heterocycles. The summed E-state index contributed by atoms with van der Waals surface area (Å²) in [4.78, 5) is 46.9. The van der Waals surface area contributed by atoms with Gasteiger partial charge in [-0.25, -0.2) is 4.57 Å². The van der Waals surface area contributed by atoms with Crippen LogP contribution in [0.5, 0.6) is 0 Å². The zero-order valence-corrected chi connectivity index (χ0v) is 34.6. The molecule has 0 heterocycles. The summed E-state index contributed by atoms with van der Waals surface area (Å²) in [5.41, 5.74) is 0. The molecule has 1 unspecified atom stereocenters. The number of aliphatic hydroxyl groups is 2. The minimum Gasteiger partial charge on any atom is -0.462 e. The number of ether oxygens (including phenoxy) is 2. The number of phosphoric ester groups is 1. The molecular weight excluding hydrogens is 711 g/mol. The standard InChI is InChI=1S/C42H75O11P/c1-3-5-7-9-11-12-13-14-15-16-17-18-20-24-28-32-41(46)50-36-40(37-52-54(48,49)51-35-39(45)34-43)53-42(47)33-29-25-21-23-27-31-38(44)30-26-22-19-10-8-6-4-2/h12-13,19,22,26,30,39-40,43,45H,3-11,14-18,20-21,23-25,27-29,31-37H2,1-2H3,(H,48,49)/b13-12-,22-19-,30-26+/t39-,40+/m0/s1. The summed E-state index contributed by atoms with van der Waals surface area (Å²) in [7, 11) is -4.65. The van der Waals surface area contributed by atoms with Crippen LogP contribution in [-0.4, -0.2) is 71.5 Å². The van der Waals surface area contributed by atoms with Crippen molar-refractivity contribution in [1.29, 1.82) is 0 Å². The largest absolute Gasteiger partial charge is 0.472 e. The molecule has 0 saturated heterocycles. The van der Waals surface area contributed by atoms with E-state index in [1.54, 1.807) is 12.2 Å². The molecule has 12 heteroatoms. The quantitative estimate of drug-likeness (QED) is 0.0136. The topological polar surface area (TPSA) is 166 Å². The molecule has 3 N–H and O–H groups in total. The van der Waals surface area contributed by atoms with Gasteiger partial charge in [0.2, 0.25) is 0 Å². The van der Waals surface area contributed by atoms with E-state index in [0.717, 1.165) is 64.2 Å². The average molecular weight is 787 g/mol. The summed E-state index contributed by atoms with van der Waals surface area (Å²) in [5, 5.41) is 18.3. The number of carbonyl (C=O) groups excluding carboxylic acids is 3. The fourth-order valence-electron chi connectivity index (χ4n) is 5.44. The molecule has 0 saturated carbocycles. The van der Waals surface area contributed by atoms with Crippen LogP contribution < -0.4 is 0 Å². The SMILES string of the molecule is CCCCC/C=C\C=C\C(=O)CCCCCCCC(=O)O[C@H](COC(=O)CCCCCCCCC/C=C\CCCCCC)COP(=O)(O)OC[C@@H](O)CO. The third-order valence-corrected chi connectivity index (χ3v) is 9.69. The monoisotopic (exact) mass is 787 g/mol. The highest BCUT2D eigenvalue weighted by molar-refractivity contribution is 7.47. The number of hydrogen-bond acceptors (Lipinski definition) is 10. The normalized spacial score (nSPS) is 14.2. The van der Waals surface area contributed by atoms with Crippen LogP contribution in [0.3, 0.4) is 0 Å². The molecule has 0 aliphatic heterocycles. The van der Waals surface area contributed by atoms with Crippen LogP contribution in [0.1, 0.15) is 174 Å². The Hall–Kier alpha value is -2.14. The fourth-order valence-corrected chi connectivity index (χ4v) is 6.23.